The van der Waals surface area contributed by atoms with Crippen LogP contribution in [0.2, 0.25) is 0 Å². The van der Waals surface area contributed by atoms with Crippen LogP contribution < -0.4 is 11.1 Å². The third-order valence-corrected chi connectivity index (χ3v) is 2.05. The van der Waals surface area contributed by atoms with Crippen LogP contribution in [0.15, 0.2) is 24.3 Å². The highest BCUT2D eigenvalue weighted by Crippen LogP contribution is 2.19. The quantitative estimate of drug-likeness (QED) is 0.840. The monoisotopic (exact) mass is 236 g/mol. The number of nitrogens with zero attached hydrogens (tertiary/aromatic N) is 2. The van der Waals surface area contributed by atoms with Gasteiger partial charge < -0.3 is 11.1 Å². The van der Waals surface area contributed by atoms with Gasteiger partial charge in [-0.15, -0.1) is 0 Å². The first-order chi connectivity index (χ1) is 8.04. The van der Waals surface area contributed by atoms with Crippen molar-refractivity contribution in [2.24, 2.45) is 0 Å². The lowest BCUT2D eigenvalue weighted by Crippen LogP contribution is -2.03. The number of rotatable bonds is 2. The number of aryl methyl sites for hydroxylation is 1. The Morgan fingerprint density at radius 2 is 1.94 bits per heavy atom. The Morgan fingerprint density at radius 1 is 1.18 bits per heavy atom. The highest BCUT2D eigenvalue weighted by atomic mass is 19.1. The third kappa shape index (κ3) is 2.66. The number of halogens is 2. The third-order valence-electron chi connectivity index (χ3n) is 2.05. The van der Waals surface area contributed by atoms with Gasteiger partial charge in [-0.05, 0) is 19.1 Å². The van der Waals surface area contributed by atoms with Gasteiger partial charge in [-0.25, -0.2) is 13.8 Å². The second-order valence-electron chi connectivity index (χ2n) is 3.51. The minimum Gasteiger partial charge on any atom is -0.384 e. The van der Waals surface area contributed by atoms with Crippen molar-refractivity contribution in [2.75, 3.05) is 11.1 Å². The molecule has 2 rings (SSSR count). The van der Waals surface area contributed by atoms with E-state index in [-0.39, 0.29) is 17.5 Å². The molecule has 88 valence electrons. The van der Waals surface area contributed by atoms with Crippen molar-refractivity contribution < 1.29 is 8.78 Å². The summed E-state index contributed by atoms with van der Waals surface area (Å²) in [6.45, 7) is 1.74. The van der Waals surface area contributed by atoms with Crippen LogP contribution in [0.25, 0.3) is 0 Å². The van der Waals surface area contributed by atoms with Gasteiger partial charge >= 0.3 is 0 Å². The summed E-state index contributed by atoms with van der Waals surface area (Å²) >= 11 is 0. The fraction of sp³-hybridized carbons (Fsp3) is 0.0909. The van der Waals surface area contributed by atoms with Gasteiger partial charge in [0.1, 0.15) is 17.5 Å². The van der Waals surface area contributed by atoms with E-state index in [0.29, 0.717) is 5.69 Å². The Balaban J connectivity index is 2.31. The van der Waals surface area contributed by atoms with Gasteiger partial charge in [0, 0.05) is 17.8 Å². The Morgan fingerprint density at radius 3 is 2.59 bits per heavy atom. The smallest absolute Gasteiger partial charge is 0.229 e. The molecule has 17 heavy (non-hydrogen) atoms. The highest BCUT2D eigenvalue weighted by molar-refractivity contribution is 5.55. The Kier molecular flexibility index (Phi) is 2.86. The van der Waals surface area contributed by atoms with Crippen molar-refractivity contribution in [2.45, 2.75) is 6.92 Å². The second-order valence-corrected chi connectivity index (χ2v) is 3.51. The molecule has 0 atom stereocenters. The molecule has 2 aromatic rings. The van der Waals surface area contributed by atoms with Gasteiger partial charge in [0.05, 0.1) is 5.69 Å². The number of nitrogens with one attached hydrogen (secondary N) is 1. The van der Waals surface area contributed by atoms with Gasteiger partial charge in [-0.3, -0.25) is 0 Å². The molecule has 0 spiro atoms. The van der Waals surface area contributed by atoms with Gasteiger partial charge in [-0.1, -0.05) is 0 Å². The molecule has 0 aliphatic carbocycles. The molecular weight excluding hydrogens is 226 g/mol. The minimum absolute atomic E-state index is 0.0939. The lowest BCUT2D eigenvalue weighted by Gasteiger charge is -2.07. The number of anilines is 3. The first kappa shape index (κ1) is 11.3. The van der Waals surface area contributed by atoms with Crippen LogP contribution in [0.3, 0.4) is 0 Å². The van der Waals surface area contributed by atoms with E-state index in [9.17, 15) is 8.78 Å². The lowest BCUT2D eigenvalue weighted by molar-refractivity contribution is 0.586. The van der Waals surface area contributed by atoms with Crippen LogP contribution >= 0.6 is 0 Å². The van der Waals surface area contributed by atoms with Crippen molar-refractivity contribution in [3.05, 3.63) is 41.6 Å². The first-order valence-electron chi connectivity index (χ1n) is 4.88. The molecule has 0 bridgehead atoms. The number of hydrogen-bond donors (Lipinski definition) is 2. The molecular formula is C11H10F2N4. The first-order valence-corrected chi connectivity index (χ1v) is 4.88. The van der Waals surface area contributed by atoms with Crippen molar-refractivity contribution in [1.82, 2.24) is 9.97 Å². The molecule has 0 radical (unpaired) electrons. The van der Waals surface area contributed by atoms with Crippen molar-refractivity contribution in [1.29, 1.82) is 0 Å². The van der Waals surface area contributed by atoms with E-state index < -0.39 is 11.6 Å². The van der Waals surface area contributed by atoms with Gasteiger partial charge in [0.2, 0.25) is 5.95 Å². The van der Waals surface area contributed by atoms with E-state index in [1.54, 1.807) is 13.0 Å². The van der Waals surface area contributed by atoms with Crippen molar-refractivity contribution >= 4 is 17.5 Å². The zero-order valence-electron chi connectivity index (χ0n) is 9.04. The Labute approximate surface area is 96.5 Å². The average molecular weight is 236 g/mol. The predicted molar refractivity (Wildman–Crippen MR) is 60.8 cm³/mol. The molecule has 0 unspecified atom stereocenters. The second kappa shape index (κ2) is 4.32. The van der Waals surface area contributed by atoms with E-state index in [1.807, 2.05) is 0 Å². The van der Waals surface area contributed by atoms with E-state index in [1.165, 1.54) is 6.07 Å². The van der Waals surface area contributed by atoms with Crippen molar-refractivity contribution in [3.8, 4) is 0 Å². The summed E-state index contributed by atoms with van der Waals surface area (Å²) in [6.07, 6.45) is 0. The van der Waals surface area contributed by atoms with Crippen LogP contribution in [-0.4, -0.2) is 9.97 Å². The topological polar surface area (TPSA) is 63.8 Å². The summed E-state index contributed by atoms with van der Waals surface area (Å²) in [4.78, 5) is 7.92. The normalized spacial score (nSPS) is 10.3. The molecule has 0 aliphatic heterocycles. The van der Waals surface area contributed by atoms with Crippen LogP contribution in [-0.2, 0) is 0 Å². The molecule has 1 heterocycles. The molecule has 3 N–H and O–H groups in total. The fourth-order valence-electron chi connectivity index (χ4n) is 1.36. The van der Waals surface area contributed by atoms with Crippen LogP contribution in [0.4, 0.5) is 26.2 Å². The summed E-state index contributed by atoms with van der Waals surface area (Å²) in [5.41, 5.74) is 6.28. The van der Waals surface area contributed by atoms with E-state index in [4.69, 9.17) is 5.73 Å². The zero-order chi connectivity index (χ0) is 12.4. The number of nitrogen functional groups attached to an aromatic ring is 1. The Bertz CT molecular complexity index is 537. The largest absolute Gasteiger partial charge is 0.384 e. The molecule has 1 aromatic carbocycles. The summed E-state index contributed by atoms with van der Waals surface area (Å²) in [5, 5.41) is 2.64. The maximum Gasteiger partial charge on any atom is 0.229 e. The fourth-order valence-corrected chi connectivity index (χ4v) is 1.36. The number of benzene rings is 1. The average Bonchev–Trinajstić information content (AvgIpc) is 2.21. The predicted octanol–water partition coefficient (Wildman–Crippen LogP) is 2.39. The SMILES string of the molecule is Cc1cc(N)nc(Nc2ccc(F)cc2F)n1. The molecule has 0 saturated carbocycles. The minimum atomic E-state index is -0.714. The number of aromatic nitrogens is 2. The number of hydrogen-bond acceptors (Lipinski definition) is 4. The molecule has 1 aromatic heterocycles. The summed E-state index contributed by atoms with van der Waals surface area (Å²) in [5.74, 6) is -0.901. The number of nitrogens with two attached hydrogens (primary N) is 1. The van der Waals surface area contributed by atoms with Crippen LogP contribution in [0.1, 0.15) is 5.69 Å². The standard InChI is InChI=1S/C11H10F2N4/c1-6-4-10(14)17-11(15-6)16-9-3-2-7(12)5-8(9)13/h2-5H,1H3,(H3,14,15,16,17). The molecule has 0 aliphatic rings. The van der Waals surface area contributed by atoms with Gasteiger partial charge in [-0.2, -0.15) is 4.98 Å². The lowest BCUT2D eigenvalue weighted by atomic mass is 10.3. The molecule has 0 amide bonds. The molecule has 0 saturated heterocycles. The maximum absolute atomic E-state index is 13.3. The molecule has 0 fully saturated rings. The summed E-state index contributed by atoms with van der Waals surface area (Å²) in [6, 6.07) is 4.78. The van der Waals surface area contributed by atoms with E-state index in [2.05, 4.69) is 15.3 Å². The maximum atomic E-state index is 13.3. The molecule has 6 heteroatoms. The highest BCUT2D eigenvalue weighted by Gasteiger charge is 2.06. The summed E-state index contributed by atoms with van der Waals surface area (Å²) < 4.78 is 26.0. The Hall–Kier alpha value is -2.24. The molecule has 4 nitrogen and oxygen atoms in total. The van der Waals surface area contributed by atoms with E-state index in [0.717, 1.165) is 12.1 Å². The van der Waals surface area contributed by atoms with Crippen molar-refractivity contribution in [3.63, 3.8) is 0 Å². The van der Waals surface area contributed by atoms with Gasteiger partial charge in [0.25, 0.3) is 0 Å². The zero-order valence-corrected chi connectivity index (χ0v) is 9.04. The van der Waals surface area contributed by atoms with Crippen LogP contribution in [0.5, 0.6) is 0 Å². The van der Waals surface area contributed by atoms with Crippen LogP contribution in [0, 0.1) is 18.6 Å². The van der Waals surface area contributed by atoms with Gasteiger partial charge in [0.15, 0.2) is 0 Å². The van der Waals surface area contributed by atoms with E-state index >= 15 is 0 Å². The summed E-state index contributed by atoms with van der Waals surface area (Å²) in [7, 11) is 0.